The van der Waals surface area contributed by atoms with Crippen molar-refractivity contribution in [2.45, 2.75) is 52.5 Å². The van der Waals surface area contributed by atoms with Gasteiger partial charge >= 0.3 is 0 Å². The van der Waals surface area contributed by atoms with Gasteiger partial charge in [-0.2, -0.15) is 0 Å². The highest BCUT2D eigenvalue weighted by atomic mass is 79.9. The van der Waals surface area contributed by atoms with Gasteiger partial charge in [0.05, 0.1) is 0 Å². The van der Waals surface area contributed by atoms with Gasteiger partial charge in [0.1, 0.15) is 0 Å². The molecule has 0 aliphatic heterocycles. The first-order chi connectivity index (χ1) is 9.06. The normalized spacial score (nSPS) is 14.4. The van der Waals surface area contributed by atoms with E-state index >= 15 is 0 Å². The van der Waals surface area contributed by atoms with E-state index in [1.165, 1.54) is 24.8 Å². The molecule has 0 amide bonds. The molecule has 0 aromatic heterocycles. The summed E-state index contributed by atoms with van der Waals surface area (Å²) in [5.41, 5.74) is 1.24. The maximum absolute atomic E-state index is 6.32. The van der Waals surface area contributed by atoms with E-state index in [-0.39, 0.29) is 0 Å². The molecule has 0 spiro atoms. The molecule has 0 bridgehead atoms. The summed E-state index contributed by atoms with van der Waals surface area (Å²) < 4.78 is 1.04. The Hall–Kier alpha value is -0.0500. The molecule has 1 rings (SSSR count). The maximum Gasteiger partial charge on any atom is 0.0449 e. The van der Waals surface area contributed by atoms with Gasteiger partial charge in [-0.05, 0) is 49.4 Å². The minimum Gasteiger partial charge on any atom is -0.314 e. The first-order valence-electron chi connectivity index (χ1n) is 7.24. The Kier molecular flexibility index (Phi) is 8.05. The highest BCUT2D eigenvalue weighted by Crippen LogP contribution is 2.24. The Bertz CT molecular complexity index is 381. The van der Waals surface area contributed by atoms with Crippen molar-refractivity contribution in [2.75, 3.05) is 6.54 Å². The van der Waals surface area contributed by atoms with Crippen LogP contribution >= 0.6 is 27.5 Å². The van der Waals surface area contributed by atoms with Crippen molar-refractivity contribution in [1.82, 2.24) is 5.32 Å². The Labute approximate surface area is 131 Å². The van der Waals surface area contributed by atoms with Crippen molar-refractivity contribution in [2.24, 2.45) is 5.92 Å². The summed E-state index contributed by atoms with van der Waals surface area (Å²) in [4.78, 5) is 0. The van der Waals surface area contributed by atoms with Crippen LogP contribution in [0.25, 0.3) is 0 Å². The summed E-state index contributed by atoms with van der Waals surface area (Å²) in [5, 5.41) is 4.52. The Morgan fingerprint density at radius 2 is 2.05 bits per heavy atom. The molecule has 3 heteroatoms. The molecule has 0 radical (unpaired) electrons. The standard InChI is InChI=1S/C16H25BrClN/c1-4-8-19-15(9-12(3)5-2)10-13-6-7-14(17)11-16(13)18/h6-7,11-12,15,19H,4-5,8-10H2,1-3H3. The van der Waals surface area contributed by atoms with Crippen LogP contribution in [-0.4, -0.2) is 12.6 Å². The number of halogens is 2. The van der Waals surface area contributed by atoms with Crippen LogP contribution in [0.1, 0.15) is 45.6 Å². The van der Waals surface area contributed by atoms with Crippen molar-refractivity contribution in [3.8, 4) is 0 Å². The van der Waals surface area contributed by atoms with Crippen molar-refractivity contribution in [1.29, 1.82) is 0 Å². The molecule has 2 atom stereocenters. The molecule has 19 heavy (non-hydrogen) atoms. The highest BCUT2D eigenvalue weighted by Gasteiger charge is 2.14. The van der Waals surface area contributed by atoms with Crippen molar-refractivity contribution in [3.63, 3.8) is 0 Å². The molecule has 1 aromatic carbocycles. The molecule has 0 aliphatic carbocycles. The van der Waals surface area contributed by atoms with Gasteiger partial charge in [0.25, 0.3) is 0 Å². The van der Waals surface area contributed by atoms with E-state index in [9.17, 15) is 0 Å². The monoisotopic (exact) mass is 345 g/mol. The van der Waals surface area contributed by atoms with Gasteiger partial charge in [-0.3, -0.25) is 0 Å². The lowest BCUT2D eigenvalue weighted by Gasteiger charge is -2.22. The Balaban J connectivity index is 2.69. The summed E-state index contributed by atoms with van der Waals surface area (Å²) in [7, 11) is 0. The molecule has 1 N–H and O–H groups in total. The van der Waals surface area contributed by atoms with E-state index in [1.807, 2.05) is 6.07 Å². The van der Waals surface area contributed by atoms with Crippen LogP contribution in [0.2, 0.25) is 5.02 Å². The van der Waals surface area contributed by atoms with Crippen LogP contribution in [0.5, 0.6) is 0 Å². The average molecular weight is 347 g/mol. The summed E-state index contributed by atoms with van der Waals surface area (Å²) in [6.45, 7) is 7.87. The van der Waals surface area contributed by atoms with Gasteiger partial charge in [-0.25, -0.2) is 0 Å². The zero-order chi connectivity index (χ0) is 14.3. The maximum atomic E-state index is 6.32. The van der Waals surface area contributed by atoms with Crippen LogP contribution < -0.4 is 5.32 Å². The highest BCUT2D eigenvalue weighted by molar-refractivity contribution is 9.10. The van der Waals surface area contributed by atoms with Gasteiger partial charge in [-0.15, -0.1) is 0 Å². The first-order valence-corrected chi connectivity index (χ1v) is 8.41. The van der Waals surface area contributed by atoms with Crippen LogP contribution in [0.3, 0.4) is 0 Å². The van der Waals surface area contributed by atoms with E-state index in [4.69, 9.17) is 11.6 Å². The zero-order valence-electron chi connectivity index (χ0n) is 12.2. The van der Waals surface area contributed by atoms with E-state index < -0.39 is 0 Å². The average Bonchev–Trinajstić information content (AvgIpc) is 2.38. The number of benzene rings is 1. The molecule has 0 heterocycles. The van der Waals surface area contributed by atoms with Gasteiger partial charge in [0.15, 0.2) is 0 Å². The van der Waals surface area contributed by atoms with Crippen molar-refractivity contribution in [3.05, 3.63) is 33.3 Å². The lowest BCUT2D eigenvalue weighted by Crippen LogP contribution is -2.33. The molecule has 1 aromatic rings. The number of nitrogens with one attached hydrogen (secondary N) is 1. The third kappa shape index (κ3) is 6.29. The second kappa shape index (κ2) is 8.99. The summed E-state index contributed by atoms with van der Waals surface area (Å²) in [5.74, 6) is 0.753. The lowest BCUT2D eigenvalue weighted by molar-refractivity contribution is 0.391. The molecule has 0 saturated carbocycles. The lowest BCUT2D eigenvalue weighted by atomic mass is 9.94. The molecule has 0 saturated heterocycles. The number of hydrogen-bond donors (Lipinski definition) is 1. The molecular weight excluding hydrogens is 322 g/mol. The molecule has 0 fully saturated rings. The van der Waals surface area contributed by atoms with Crippen LogP contribution in [0.15, 0.2) is 22.7 Å². The summed E-state index contributed by atoms with van der Waals surface area (Å²) >= 11 is 9.78. The third-order valence-corrected chi connectivity index (χ3v) is 4.39. The minimum atomic E-state index is 0.522. The number of rotatable bonds is 8. The Morgan fingerprint density at radius 3 is 2.63 bits per heavy atom. The van der Waals surface area contributed by atoms with Gasteiger partial charge in [0, 0.05) is 15.5 Å². The van der Waals surface area contributed by atoms with E-state index in [1.54, 1.807) is 0 Å². The topological polar surface area (TPSA) is 12.0 Å². The predicted octanol–water partition coefficient (Wildman–Crippen LogP) is 5.45. The molecular formula is C16H25BrClN. The zero-order valence-corrected chi connectivity index (χ0v) is 14.5. The molecule has 108 valence electrons. The van der Waals surface area contributed by atoms with E-state index in [2.05, 4.69) is 54.2 Å². The van der Waals surface area contributed by atoms with Crippen molar-refractivity contribution < 1.29 is 0 Å². The second-order valence-electron chi connectivity index (χ2n) is 5.34. The fourth-order valence-electron chi connectivity index (χ4n) is 2.19. The molecule has 0 aliphatic rings. The predicted molar refractivity (Wildman–Crippen MR) is 89.0 cm³/mol. The largest absolute Gasteiger partial charge is 0.314 e. The number of hydrogen-bond acceptors (Lipinski definition) is 1. The quantitative estimate of drug-likeness (QED) is 0.660. The fourth-order valence-corrected chi connectivity index (χ4v) is 2.94. The Morgan fingerprint density at radius 1 is 1.32 bits per heavy atom. The second-order valence-corrected chi connectivity index (χ2v) is 6.66. The van der Waals surface area contributed by atoms with Gasteiger partial charge in [0.2, 0.25) is 0 Å². The molecule has 2 unspecified atom stereocenters. The van der Waals surface area contributed by atoms with E-state index in [0.29, 0.717) is 6.04 Å². The third-order valence-electron chi connectivity index (χ3n) is 3.55. The van der Waals surface area contributed by atoms with Crippen molar-refractivity contribution >= 4 is 27.5 Å². The van der Waals surface area contributed by atoms with Crippen LogP contribution in [0, 0.1) is 5.92 Å². The SMILES string of the molecule is CCCNC(Cc1ccc(Br)cc1Cl)CC(C)CC. The van der Waals surface area contributed by atoms with Crippen LogP contribution in [-0.2, 0) is 6.42 Å². The molecule has 1 nitrogen and oxygen atoms in total. The first kappa shape index (κ1) is 17.0. The summed E-state index contributed by atoms with van der Waals surface area (Å²) in [6.07, 6.45) is 4.63. The fraction of sp³-hybridized carbons (Fsp3) is 0.625. The van der Waals surface area contributed by atoms with Crippen LogP contribution in [0.4, 0.5) is 0 Å². The minimum absolute atomic E-state index is 0.522. The van der Waals surface area contributed by atoms with Gasteiger partial charge < -0.3 is 5.32 Å². The van der Waals surface area contributed by atoms with E-state index in [0.717, 1.165) is 28.4 Å². The van der Waals surface area contributed by atoms with Gasteiger partial charge in [-0.1, -0.05) is 60.8 Å². The summed E-state index contributed by atoms with van der Waals surface area (Å²) in [6, 6.07) is 6.70. The smallest absolute Gasteiger partial charge is 0.0449 e.